The van der Waals surface area contributed by atoms with Crippen LogP contribution in [0.2, 0.25) is 0 Å². The molecule has 2 aromatic rings. The first-order valence-corrected chi connectivity index (χ1v) is 6.42. The van der Waals surface area contributed by atoms with Crippen LogP contribution in [0.5, 0.6) is 0 Å². The van der Waals surface area contributed by atoms with Crippen LogP contribution < -0.4 is 5.43 Å². The fourth-order valence-corrected chi connectivity index (χ4v) is 2.18. The van der Waals surface area contributed by atoms with Crippen molar-refractivity contribution in [1.29, 1.82) is 0 Å². The molecule has 0 aliphatic rings. The molecule has 0 bridgehead atoms. The molecule has 0 atom stereocenters. The minimum Gasteiger partial charge on any atom is -0.277 e. The van der Waals surface area contributed by atoms with Crippen LogP contribution in [0.1, 0.15) is 17.0 Å². The van der Waals surface area contributed by atoms with Gasteiger partial charge in [0.15, 0.2) is 5.82 Å². The standard InChI is InChI=1S/C12H13BrN4O2/c1-7-4-5-8(2)16(7)15-12-11(13)9(3)10(6-14-12)17(18)19/h4-6H,1-3H3,(H,14,15). The number of aryl methyl sites for hydroxylation is 2. The van der Waals surface area contributed by atoms with E-state index in [1.165, 1.54) is 6.20 Å². The topological polar surface area (TPSA) is 73.0 Å². The lowest BCUT2D eigenvalue weighted by Crippen LogP contribution is -2.14. The summed E-state index contributed by atoms with van der Waals surface area (Å²) in [4.78, 5) is 14.5. The Balaban J connectivity index is 2.43. The number of hydrogen-bond acceptors (Lipinski definition) is 4. The van der Waals surface area contributed by atoms with E-state index in [-0.39, 0.29) is 5.69 Å². The molecule has 0 aliphatic heterocycles. The third-order valence-electron chi connectivity index (χ3n) is 2.92. The van der Waals surface area contributed by atoms with Gasteiger partial charge in [-0.05, 0) is 48.8 Å². The molecule has 0 aromatic carbocycles. The van der Waals surface area contributed by atoms with Crippen LogP contribution in [0.4, 0.5) is 11.5 Å². The van der Waals surface area contributed by atoms with E-state index in [1.807, 2.05) is 30.7 Å². The maximum atomic E-state index is 10.8. The van der Waals surface area contributed by atoms with Crippen molar-refractivity contribution >= 4 is 27.4 Å². The number of aromatic nitrogens is 2. The molecule has 2 aromatic heterocycles. The largest absolute Gasteiger partial charge is 0.291 e. The van der Waals surface area contributed by atoms with Gasteiger partial charge in [0.05, 0.1) is 9.40 Å². The number of pyridine rings is 1. The number of halogens is 1. The lowest BCUT2D eigenvalue weighted by Gasteiger charge is -2.14. The highest BCUT2D eigenvalue weighted by atomic mass is 79.9. The number of hydrogen-bond donors (Lipinski definition) is 1. The van der Waals surface area contributed by atoms with Crippen LogP contribution in [0.25, 0.3) is 0 Å². The van der Waals surface area contributed by atoms with Gasteiger partial charge in [0.2, 0.25) is 0 Å². The Hall–Kier alpha value is -1.89. The highest BCUT2D eigenvalue weighted by Gasteiger charge is 2.17. The van der Waals surface area contributed by atoms with Crippen LogP contribution in [-0.4, -0.2) is 14.6 Å². The van der Waals surface area contributed by atoms with Crippen LogP contribution in [0.15, 0.2) is 22.8 Å². The molecule has 0 aliphatic carbocycles. The van der Waals surface area contributed by atoms with Gasteiger partial charge in [-0.2, -0.15) is 0 Å². The lowest BCUT2D eigenvalue weighted by molar-refractivity contribution is -0.385. The van der Waals surface area contributed by atoms with E-state index >= 15 is 0 Å². The Morgan fingerprint density at radius 3 is 2.42 bits per heavy atom. The third-order valence-corrected chi connectivity index (χ3v) is 3.89. The molecule has 0 saturated heterocycles. The van der Waals surface area contributed by atoms with Gasteiger partial charge in [-0.15, -0.1) is 0 Å². The van der Waals surface area contributed by atoms with Gasteiger partial charge in [-0.3, -0.25) is 20.2 Å². The van der Waals surface area contributed by atoms with Crippen molar-refractivity contribution in [2.75, 3.05) is 5.43 Å². The van der Waals surface area contributed by atoms with Gasteiger partial charge in [0, 0.05) is 17.0 Å². The summed E-state index contributed by atoms with van der Waals surface area (Å²) in [6, 6.07) is 3.96. The number of nitro groups is 1. The molecule has 0 fully saturated rings. The molecule has 0 unspecified atom stereocenters. The zero-order valence-corrected chi connectivity index (χ0v) is 12.4. The van der Waals surface area contributed by atoms with E-state index in [2.05, 4.69) is 26.3 Å². The molecule has 100 valence electrons. The first-order chi connectivity index (χ1) is 8.91. The minimum atomic E-state index is -0.441. The van der Waals surface area contributed by atoms with Crippen molar-refractivity contribution < 1.29 is 4.92 Å². The predicted octanol–water partition coefficient (Wildman–Crippen LogP) is 3.35. The van der Waals surface area contributed by atoms with E-state index in [1.54, 1.807) is 6.92 Å². The third kappa shape index (κ3) is 2.46. The van der Waals surface area contributed by atoms with E-state index in [4.69, 9.17) is 0 Å². The molecule has 19 heavy (non-hydrogen) atoms. The fourth-order valence-electron chi connectivity index (χ4n) is 1.78. The smallest absolute Gasteiger partial charge is 0.277 e. The van der Waals surface area contributed by atoms with Gasteiger partial charge >= 0.3 is 0 Å². The Kier molecular flexibility index (Phi) is 3.57. The van der Waals surface area contributed by atoms with Crippen molar-refractivity contribution in [2.24, 2.45) is 0 Å². The van der Waals surface area contributed by atoms with Crippen molar-refractivity contribution in [3.63, 3.8) is 0 Å². The zero-order valence-electron chi connectivity index (χ0n) is 10.8. The van der Waals surface area contributed by atoms with Crippen LogP contribution >= 0.6 is 15.9 Å². The van der Waals surface area contributed by atoms with E-state index in [0.29, 0.717) is 15.9 Å². The van der Waals surface area contributed by atoms with Crippen molar-refractivity contribution in [1.82, 2.24) is 9.66 Å². The highest BCUT2D eigenvalue weighted by molar-refractivity contribution is 9.10. The molecule has 0 saturated carbocycles. The molecule has 7 heteroatoms. The van der Waals surface area contributed by atoms with Crippen molar-refractivity contribution in [3.05, 3.63) is 49.9 Å². The molecule has 2 heterocycles. The lowest BCUT2D eigenvalue weighted by atomic mass is 10.2. The Morgan fingerprint density at radius 2 is 1.89 bits per heavy atom. The van der Waals surface area contributed by atoms with Crippen molar-refractivity contribution in [2.45, 2.75) is 20.8 Å². The summed E-state index contributed by atoms with van der Waals surface area (Å²) in [6.45, 7) is 5.61. The molecular weight excluding hydrogens is 312 g/mol. The Bertz CT molecular complexity index is 632. The second-order valence-electron chi connectivity index (χ2n) is 4.25. The van der Waals surface area contributed by atoms with Gasteiger partial charge in [-0.25, -0.2) is 4.98 Å². The Labute approximate surface area is 118 Å². The monoisotopic (exact) mass is 324 g/mol. The summed E-state index contributed by atoms with van der Waals surface area (Å²) in [5.74, 6) is 0.547. The number of rotatable bonds is 3. The number of nitrogens with zero attached hydrogens (tertiary/aromatic N) is 3. The maximum Gasteiger partial charge on any atom is 0.291 e. The summed E-state index contributed by atoms with van der Waals surface area (Å²) in [5, 5.41) is 10.8. The summed E-state index contributed by atoms with van der Waals surface area (Å²) in [7, 11) is 0. The van der Waals surface area contributed by atoms with E-state index in [9.17, 15) is 10.1 Å². The minimum absolute atomic E-state index is 0.00150. The first-order valence-electron chi connectivity index (χ1n) is 5.63. The average molecular weight is 325 g/mol. The van der Waals surface area contributed by atoms with Gasteiger partial charge in [0.25, 0.3) is 5.69 Å². The summed E-state index contributed by atoms with van der Waals surface area (Å²) in [5.41, 5.74) is 5.74. The van der Waals surface area contributed by atoms with Crippen molar-refractivity contribution in [3.8, 4) is 0 Å². The quantitative estimate of drug-likeness (QED) is 0.694. The predicted molar refractivity (Wildman–Crippen MR) is 76.3 cm³/mol. The molecule has 6 nitrogen and oxygen atoms in total. The van der Waals surface area contributed by atoms with Crippen LogP contribution in [0, 0.1) is 30.9 Å². The van der Waals surface area contributed by atoms with Gasteiger partial charge < -0.3 is 0 Å². The normalized spacial score (nSPS) is 10.5. The molecule has 1 N–H and O–H groups in total. The SMILES string of the molecule is Cc1c([N+](=O)[O-])cnc(Nn2c(C)ccc2C)c1Br. The second-order valence-corrected chi connectivity index (χ2v) is 5.04. The average Bonchev–Trinajstić information content (AvgIpc) is 2.66. The summed E-state index contributed by atoms with van der Waals surface area (Å²) < 4.78 is 2.47. The highest BCUT2D eigenvalue weighted by Crippen LogP contribution is 2.30. The van der Waals surface area contributed by atoms with Gasteiger partial charge in [0.1, 0.15) is 6.20 Å². The first kappa shape index (κ1) is 13.5. The number of anilines is 1. The fraction of sp³-hybridized carbons (Fsp3) is 0.250. The zero-order chi connectivity index (χ0) is 14.2. The second kappa shape index (κ2) is 5.00. The number of nitrogens with one attached hydrogen (secondary N) is 1. The van der Waals surface area contributed by atoms with E-state index in [0.717, 1.165) is 11.4 Å². The molecule has 0 radical (unpaired) electrons. The van der Waals surface area contributed by atoms with E-state index < -0.39 is 4.92 Å². The molecule has 0 spiro atoms. The van der Waals surface area contributed by atoms with Gasteiger partial charge in [-0.1, -0.05) is 0 Å². The Morgan fingerprint density at radius 1 is 1.32 bits per heavy atom. The molecule has 0 amide bonds. The molecule has 2 rings (SSSR count). The molecular formula is C12H13BrN4O2. The maximum absolute atomic E-state index is 10.8. The van der Waals surface area contributed by atoms with Crippen LogP contribution in [-0.2, 0) is 0 Å². The summed E-state index contributed by atoms with van der Waals surface area (Å²) in [6.07, 6.45) is 1.26. The van der Waals surface area contributed by atoms with Crippen LogP contribution in [0.3, 0.4) is 0 Å². The summed E-state index contributed by atoms with van der Waals surface area (Å²) >= 11 is 3.35.